The van der Waals surface area contributed by atoms with E-state index in [9.17, 15) is 36.2 Å². The van der Waals surface area contributed by atoms with Crippen LogP contribution in [0.25, 0.3) is 10.6 Å². The molecular weight excluding hydrogens is 541 g/mol. The van der Waals surface area contributed by atoms with Crippen LogP contribution in [0.15, 0.2) is 30.3 Å². The first-order valence-electron chi connectivity index (χ1n) is 9.95. The molecule has 14 heteroatoms. The zero-order valence-electron chi connectivity index (χ0n) is 18.3. The molecule has 1 heterocycles. The molecular formula is C22H16ClF7N2O3S. The molecule has 0 aliphatic carbocycles. The van der Waals surface area contributed by atoms with Crippen LogP contribution in [0.4, 0.5) is 36.4 Å². The number of para-hydroxylation sites is 1. The predicted molar refractivity (Wildman–Crippen MR) is 119 cm³/mol. The number of benzene rings is 2. The van der Waals surface area contributed by atoms with E-state index in [-0.39, 0.29) is 5.02 Å². The number of hydrogen-bond acceptors (Lipinski definition) is 5. The molecule has 0 spiro atoms. The highest BCUT2D eigenvalue weighted by Crippen LogP contribution is 2.41. The molecule has 2 aromatic carbocycles. The van der Waals surface area contributed by atoms with Crippen molar-refractivity contribution in [3.63, 3.8) is 0 Å². The average molecular weight is 557 g/mol. The summed E-state index contributed by atoms with van der Waals surface area (Å²) in [4.78, 5) is 15.9. The highest BCUT2D eigenvalue weighted by Gasteiger charge is 2.39. The van der Waals surface area contributed by atoms with Gasteiger partial charge in [0.05, 0.1) is 33.5 Å². The third kappa shape index (κ3) is 5.90. The van der Waals surface area contributed by atoms with Crippen molar-refractivity contribution in [2.24, 2.45) is 0 Å². The van der Waals surface area contributed by atoms with Crippen molar-refractivity contribution in [3.05, 3.63) is 63.1 Å². The molecule has 1 amide bonds. The monoisotopic (exact) mass is 556 g/mol. The van der Waals surface area contributed by atoms with Crippen LogP contribution in [0.1, 0.15) is 34.8 Å². The van der Waals surface area contributed by atoms with Gasteiger partial charge in [0, 0.05) is 12.5 Å². The Morgan fingerprint density at radius 2 is 1.86 bits per heavy atom. The number of nitrogens with one attached hydrogen (secondary N) is 1. The molecule has 3 aromatic rings. The summed E-state index contributed by atoms with van der Waals surface area (Å²) in [6.45, 7) is 0.247. The van der Waals surface area contributed by atoms with Gasteiger partial charge in [-0.1, -0.05) is 17.7 Å². The molecule has 1 atom stereocenters. The lowest BCUT2D eigenvalue weighted by atomic mass is 10.1. The first kappa shape index (κ1) is 27.7. The summed E-state index contributed by atoms with van der Waals surface area (Å²) < 4.78 is 101. The van der Waals surface area contributed by atoms with E-state index < -0.39 is 80.5 Å². The lowest BCUT2D eigenvalue weighted by molar-refractivity contribution is -0.189. The Morgan fingerprint density at radius 1 is 1.19 bits per heavy atom. The molecule has 0 bridgehead atoms. The van der Waals surface area contributed by atoms with E-state index in [1.165, 1.54) is 12.1 Å². The minimum absolute atomic E-state index is 0.237. The van der Waals surface area contributed by atoms with Gasteiger partial charge >= 0.3 is 6.18 Å². The molecule has 2 N–H and O–H groups in total. The fourth-order valence-electron chi connectivity index (χ4n) is 2.96. The largest absolute Gasteiger partial charge is 0.480 e. The predicted octanol–water partition coefficient (Wildman–Crippen LogP) is 6.93. The van der Waals surface area contributed by atoms with Gasteiger partial charge in [-0.3, -0.25) is 4.79 Å². The van der Waals surface area contributed by atoms with E-state index in [1.54, 1.807) is 0 Å². The van der Waals surface area contributed by atoms with Crippen molar-refractivity contribution in [2.75, 3.05) is 5.32 Å². The molecule has 0 saturated carbocycles. The summed E-state index contributed by atoms with van der Waals surface area (Å²) in [5.41, 5.74) is -2.28. The SMILES string of the molecule is CC(Oc1cc(-c2nc(CO)c(C(C)(F)F)s2)c(F)cc1C(=O)Nc1c(F)cccc1Cl)C(F)(F)F. The van der Waals surface area contributed by atoms with Crippen LogP contribution >= 0.6 is 22.9 Å². The number of thiazole rings is 1. The molecule has 194 valence electrons. The second kappa shape index (κ2) is 10.2. The number of aliphatic hydroxyl groups excluding tert-OH is 1. The maximum Gasteiger partial charge on any atom is 0.425 e. The van der Waals surface area contributed by atoms with Crippen molar-refractivity contribution in [1.82, 2.24) is 4.98 Å². The first-order chi connectivity index (χ1) is 16.6. The molecule has 1 unspecified atom stereocenters. The van der Waals surface area contributed by atoms with Gasteiger partial charge in [0.25, 0.3) is 11.8 Å². The second-order valence-corrected chi connectivity index (χ2v) is 8.93. The maximum absolute atomic E-state index is 15.0. The molecule has 1 aromatic heterocycles. The highest BCUT2D eigenvalue weighted by molar-refractivity contribution is 7.15. The Bertz CT molecular complexity index is 1270. The summed E-state index contributed by atoms with van der Waals surface area (Å²) in [5.74, 6) is -7.69. The zero-order chi connectivity index (χ0) is 27.0. The molecule has 3 rings (SSSR count). The lowest BCUT2D eigenvalue weighted by Gasteiger charge is -2.20. The van der Waals surface area contributed by atoms with Crippen molar-refractivity contribution in [1.29, 1.82) is 0 Å². The second-order valence-electron chi connectivity index (χ2n) is 7.52. The number of carbonyl (C=O) groups is 1. The number of aliphatic hydroxyl groups is 1. The number of carbonyl (C=O) groups excluding carboxylic acids is 1. The number of aromatic nitrogens is 1. The van der Waals surface area contributed by atoms with Gasteiger partial charge < -0.3 is 15.2 Å². The number of alkyl halides is 5. The third-order valence-corrected chi connectivity index (χ3v) is 6.37. The van der Waals surface area contributed by atoms with E-state index in [0.717, 1.165) is 6.07 Å². The van der Waals surface area contributed by atoms with Crippen LogP contribution in [0.3, 0.4) is 0 Å². The number of ether oxygens (including phenoxy) is 1. The fourth-order valence-corrected chi connectivity index (χ4v) is 4.20. The van der Waals surface area contributed by atoms with Crippen LogP contribution in [-0.2, 0) is 12.5 Å². The molecule has 0 saturated heterocycles. The molecule has 0 fully saturated rings. The van der Waals surface area contributed by atoms with Crippen molar-refractivity contribution in [3.8, 4) is 16.3 Å². The van der Waals surface area contributed by atoms with Crippen LogP contribution in [0, 0.1) is 11.6 Å². The number of halogens is 8. The maximum atomic E-state index is 15.0. The summed E-state index contributed by atoms with van der Waals surface area (Å²) in [7, 11) is 0. The standard InChI is InChI=1S/C22H16ClF7N2O3S/c1-9(22(28,29)30)35-16-7-10(20-31-15(8-33)18(36-20)21(2,26)27)14(25)6-11(16)19(34)32-17-12(23)4-3-5-13(17)24/h3-7,9,33H,8H2,1-2H3,(H,32,34). The number of rotatable bonds is 7. The van der Waals surface area contributed by atoms with E-state index in [2.05, 4.69) is 10.3 Å². The minimum Gasteiger partial charge on any atom is -0.480 e. The molecule has 0 radical (unpaired) electrons. The number of nitrogens with zero attached hydrogens (tertiary/aromatic N) is 1. The summed E-state index contributed by atoms with van der Waals surface area (Å²) >= 11 is 6.16. The number of amides is 1. The average Bonchev–Trinajstić information content (AvgIpc) is 3.21. The van der Waals surface area contributed by atoms with E-state index in [0.29, 0.717) is 37.3 Å². The van der Waals surface area contributed by atoms with Crippen LogP contribution < -0.4 is 10.1 Å². The quantitative estimate of drug-likeness (QED) is 0.310. The van der Waals surface area contributed by atoms with E-state index in [1.807, 2.05) is 0 Å². The van der Waals surface area contributed by atoms with Crippen molar-refractivity contribution in [2.45, 2.75) is 38.7 Å². The topological polar surface area (TPSA) is 71.5 Å². The van der Waals surface area contributed by atoms with Crippen LogP contribution in [0.5, 0.6) is 5.75 Å². The Labute approximate surface area is 208 Å². The smallest absolute Gasteiger partial charge is 0.425 e. The van der Waals surface area contributed by atoms with Crippen molar-refractivity contribution >= 4 is 34.5 Å². The zero-order valence-corrected chi connectivity index (χ0v) is 19.9. The third-order valence-electron chi connectivity index (χ3n) is 4.76. The van der Waals surface area contributed by atoms with E-state index in [4.69, 9.17) is 16.3 Å². The Kier molecular flexibility index (Phi) is 7.86. The Balaban J connectivity index is 2.14. The molecule has 0 aliphatic rings. The highest BCUT2D eigenvalue weighted by atomic mass is 35.5. The van der Waals surface area contributed by atoms with Gasteiger partial charge in [0.15, 0.2) is 6.10 Å². The van der Waals surface area contributed by atoms with Gasteiger partial charge in [0.1, 0.15) is 22.4 Å². The molecule has 36 heavy (non-hydrogen) atoms. The summed E-state index contributed by atoms with van der Waals surface area (Å²) in [5, 5.41) is 10.8. The fraction of sp³-hybridized carbons (Fsp3) is 0.273. The summed E-state index contributed by atoms with van der Waals surface area (Å²) in [6.07, 6.45) is -7.36. The van der Waals surface area contributed by atoms with E-state index >= 15 is 4.39 Å². The van der Waals surface area contributed by atoms with Gasteiger partial charge in [-0.05, 0) is 31.2 Å². The van der Waals surface area contributed by atoms with Gasteiger partial charge in [0.2, 0.25) is 0 Å². The van der Waals surface area contributed by atoms with Crippen LogP contribution in [0.2, 0.25) is 5.02 Å². The minimum atomic E-state index is -4.89. The van der Waals surface area contributed by atoms with Crippen molar-refractivity contribution < 1.29 is 45.4 Å². The number of hydrogen-bond donors (Lipinski definition) is 2. The van der Waals surface area contributed by atoms with Crippen LogP contribution in [-0.4, -0.2) is 28.3 Å². The first-order valence-corrected chi connectivity index (χ1v) is 11.1. The van der Waals surface area contributed by atoms with Gasteiger partial charge in [-0.15, -0.1) is 11.3 Å². The Morgan fingerprint density at radius 3 is 2.39 bits per heavy atom. The van der Waals surface area contributed by atoms with Gasteiger partial charge in [-0.2, -0.15) is 13.2 Å². The normalized spacial score (nSPS) is 13.0. The van der Waals surface area contributed by atoms with Gasteiger partial charge in [-0.25, -0.2) is 22.5 Å². The lowest BCUT2D eigenvalue weighted by Crippen LogP contribution is -2.32. The molecule has 0 aliphatic heterocycles. The Hall–Kier alpha value is -2.90. The molecule has 5 nitrogen and oxygen atoms in total. The summed E-state index contributed by atoms with van der Waals surface area (Å²) in [6, 6.07) is 4.62. The number of anilines is 1.